The third-order valence-electron chi connectivity index (χ3n) is 4.47. The monoisotopic (exact) mass is 378 g/mol. The van der Waals surface area contributed by atoms with Crippen LogP contribution in [0.3, 0.4) is 0 Å². The predicted octanol–water partition coefficient (Wildman–Crippen LogP) is 2.68. The van der Waals surface area contributed by atoms with E-state index >= 15 is 0 Å². The molecule has 0 fully saturated rings. The van der Waals surface area contributed by atoms with Crippen molar-refractivity contribution in [2.45, 2.75) is 13.0 Å². The number of esters is 1. The first-order valence-electron chi connectivity index (χ1n) is 8.75. The van der Waals surface area contributed by atoms with Crippen LogP contribution < -0.4 is 5.32 Å². The first-order chi connectivity index (χ1) is 13.6. The number of hydrogen-bond donors (Lipinski definition) is 3. The van der Waals surface area contributed by atoms with Crippen LogP contribution in [0.1, 0.15) is 24.1 Å². The van der Waals surface area contributed by atoms with Gasteiger partial charge in [-0.25, -0.2) is 9.48 Å². The molecule has 0 bridgehead atoms. The molecule has 2 aromatic carbocycles. The Morgan fingerprint density at radius 2 is 1.96 bits per heavy atom. The molecular weight excluding hydrogens is 360 g/mol. The number of ether oxygens (including phenoxy) is 1. The molecule has 0 saturated carbocycles. The predicted molar refractivity (Wildman–Crippen MR) is 102 cm³/mol. The highest BCUT2D eigenvalue weighted by Crippen LogP contribution is 2.40. The van der Waals surface area contributed by atoms with Crippen LogP contribution in [0.15, 0.2) is 60.4 Å². The number of nitrogens with one attached hydrogen (secondary N) is 1. The summed E-state index contributed by atoms with van der Waals surface area (Å²) in [6, 6.07) is 13.1. The van der Waals surface area contributed by atoms with E-state index in [0.717, 1.165) is 5.56 Å². The fourth-order valence-corrected chi connectivity index (χ4v) is 3.24. The van der Waals surface area contributed by atoms with E-state index in [-0.39, 0.29) is 18.1 Å². The third kappa shape index (κ3) is 2.94. The van der Waals surface area contributed by atoms with E-state index in [4.69, 9.17) is 4.74 Å². The fraction of sp³-hybridized carbons (Fsp3) is 0.150. The molecule has 1 atom stereocenters. The number of aromatic hydroxyl groups is 2. The Bertz CT molecular complexity index is 1060. The van der Waals surface area contributed by atoms with Gasteiger partial charge in [0.25, 0.3) is 0 Å². The lowest BCUT2D eigenvalue weighted by Crippen LogP contribution is -2.30. The van der Waals surface area contributed by atoms with Crippen LogP contribution >= 0.6 is 0 Å². The number of fused-ring (bicyclic) bond motifs is 1. The highest BCUT2D eigenvalue weighted by atomic mass is 16.5. The molecule has 8 heteroatoms. The van der Waals surface area contributed by atoms with Gasteiger partial charge in [0.2, 0.25) is 5.95 Å². The topological polar surface area (TPSA) is 110 Å². The highest BCUT2D eigenvalue weighted by molar-refractivity contribution is 6.02. The molecule has 142 valence electrons. The van der Waals surface area contributed by atoms with Gasteiger partial charge < -0.3 is 20.3 Å². The Balaban J connectivity index is 1.97. The van der Waals surface area contributed by atoms with Gasteiger partial charge in [-0.15, -0.1) is 0 Å². The van der Waals surface area contributed by atoms with Crippen molar-refractivity contribution in [1.82, 2.24) is 14.8 Å². The lowest BCUT2D eigenvalue weighted by Gasteiger charge is -2.29. The lowest BCUT2D eigenvalue weighted by molar-refractivity contribution is -0.138. The average Bonchev–Trinajstić information content (AvgIpc) is 3.18. The number of benzene rings is 2. The maximum Gasteiger partial charge on any atom is 0.338 e. The van der Waals surface area contributed by atoms with Crippen LogP contribution in [0.25, 0.3) is 5.70 Å². The summed E-state index contributed by atoms with van der Waals surface area (Å²) in [5.74, 6) is -0.597. The summed E-state index contributed by atoms with van der Waals surface area (Å²) in [5.41, 5.74) is 2.22. The molecule has 0 spiro atoms. The molecule has 8 nitrogen and oxygen atoms in total. The van der Waals surface area contributed by atoms with E-state index in [1.54, 1.807) is 17.7 Å². The van der Waals surface area contributed by atoms with Crippen LogP contribution in [0.2, 0.25) is 0 Å². The van der Waals surface area contributed by atoms with E-state index < -0.39 is 12.0 Å². The van der Waals surface area contributed by atoms with Crippen molar-refractivity contribution < 1.29 is 19.7 Å². The molecule has 0 aliphatic carbocycles. The molecule has 0 amide bonds. The zero-order valence-corrected chi connectivity index (χ0v) is 15.0. The maximum absolute atomic E-state index is 13.0. The molecule has 3 aromatic rings. The normalized spacial score (nSPS) is 15.7. The van der Waals surface area contributed by atoms with Gasteiger partial charge in [0.15, 0.2) is 11.5 Å². The Hall–Kier alpha value is -3.81. The molecule has 4 rings (SSSR count). The molecule has 2 heterocycles. The second kappa shape index (κ2) is 7.07. The molecule has 3 N–H and O–H groups in total. The van der Waals surface area contributed by atoms with Gasteiger partial charge in [0, 0.05) is 0 Å². The number of carbonyl (C=O) groups excluding carboxylic acids is 1. The number of carbonyl (C=O) groups is 1. The number of phenolic OH excluding ortho intramolecular Hbond substituents is 2. The van der Waals surface area contributed by atoms with Gasteiger partial charge >= 0.3 is 5.97 Å². The van der Waals surface area contributed by atoms with E-state index in [2.05, 4.69) is 15.4 Å². The number of rotatable bonds is 4. The number of anilines is 1. The van der Waals surface area contributed by atoms with Gasteiger partial charge in [-0.1, -0.05) is 36.4 Å². The lowest BCUT2D eigenvalue weighted by atomic mass is 9.92. The molecule has 0 radical (unpaired) electrons. The van der Waals surface area contributed by atoms with Gasteiger partial charge in [0.1, 0.15) is 12.4 Å². The first kappa shape index (κ1) is 17.6. The molecular formula is C20H18N4O4. The summed E-state index contributed by atoms with van der Waals surface area (Å²) in [6.45, 7) is 1.95. The van der Waals surface area contributed by atoms with Crippen LogP contribution in [0, 0.1) is 0 Å². The number of phenols is 2. The van der Waals surface area contributed by atoms with Gasteiger partial charge in [-0.3, -0.25) is 0 Å². The Morgan fingerprint density at radius 3 is 2.68 bits per heavy atom. The summed E-state index contributed by atoms with van der Waals surface area (Å²) in [5, 5.41) is 27.1. The Labute approximate surface area is 160 Å². The second-order valence-corrected chi connectivity index (χ2v) is 6.18. The number of hydrogen-bond acceptors (Lipinski definition) is 7. The van der Waals surface area contributed by atoms with Gasteiger partial charge in [-0.05, 0) is 30.2 Å². The molecule has 0 unspecified atom stereocenters. The maximum atomic E-state index is 13.0. The van der Waals surface area contributed by atoms with E-state index in [9.17, 15) is 15.0 Å². The van der Waals surface area contributed by atoms with Crippen molar-refractivity contribution in [3.63, 3.8) is 0 Å². The van der Waals surface area contributed by atoms with Crippen LogP contribution in [0.4, 0.5) is 5.95 Å². The Kier molecular flexibility index (Phi) is 4.44. The minimum atomic E-state index is -0.695. The third-order valence-corrected chi connectivity index (χ3v) is 4.47. The van der Waals surface area contributed by atoms with Crippen molar-refractivity contribution in [3.05, 3.63) is 71.6 Å². The standard InChI is InChI=1S/C20H18N4O4/c1-2-28-19(27)16-17(12-6-4-3-5-7-12)23-20-21-11-22-24(20)18(16)13-8-9-14(25)15(26)10-13/h3-11,18,25-26H,2H2,1H3,(H,21,22,23)/t18-/m1/s1. The van der Waals surface area contributed by atoms with Crippen molar-refractivity contribution in [2.24, 2.45) is 0 Å². The molecule has 1 aliphatic rings. The van der Waals surface area contributed by atoms with Gasteiger partial charge in [-0.2, -0.15) is 10.1 Å². The van der Waals surface area contributed by atoms with Crippen LogP contribution in [0.5, 0.6) is 11.5 Å². The highest BCUT2D eigenvalue weighted by Gasteiger charge is 2.36. The Morgan fingerprint density at radius 1 is 1.18 bits per heavy atom. The zero-order valence-electron chi connectivity index (χ0n) is 15.0. The first-order valence-corrected chi connectivity index (χ1v) is 8.75. The minimum Gasteiger partial charge on any atom is -0.504 e. The van der Waals surface area contributed by atoms with Crippen molar-refractivity contribution in [2.75, 3.05) is 11.9 Å². The fourth-order valence-electron chi connectivity index (χ4n) is 3.24. The van der Waals surface area contributed by atoms with E-state index in [1.807, 2.05) is 30.3 Å². The number of aromatic nitrogens is 3. The van der Waals surface area contributed by atoms with Crippen LogP contribution in [-0.4, -0.2) is 37.6 Å². The summed E-state index contributed by atoms with van der Waals surface area (Å²) in [4.78, 5) is 17.2. The molecule has 28 heavy (non-hydrogen) atoms. The summed E-state index contributed by atoms with van der Waals surface area (Å²) in [7, 11) is 0. The van der Waals surface area contributed by atoms with Crippen molar-refractivity contribution in [1.29, 1.82) is 0 Å². The number of nitrogens with zero attached hydrogens (tertiary/aromatic N) is 3. The molecule has 1 aromatic heterocycles. The van der Waals surface area contributed by atoms with Gasteiger partial charge in [0.05, 0.1) is 17.9 Å². The summed E-state index contributed by atoms with van der Waals surface area (Å²) >= 11 is 0. The zero-order chi connectivity index (χ0) is 19.7. The van der Waals surface area contributed by atoms with E-state index in [1.165, 1.54) is 18.5 Å². The largest absolute Gasteiger partial charge is 0.504 e. The molecule has 0 saturated heterocycles. The molecule has 1 aliphatic heterocycles. The summed E-state index contributed by atoms with van der Waals surface area (Å²) in [6.07, 6.45) is 1.38. The minimum absolute atomic E-state index is 0.210. The quantitative estimate of drug-likeness (QED) is 0.473. The SMILES string of the molecule is CCOC(=O)C1=C(c2ccccc2)Nc2ncnn2[C@@H]1c1ccc(O)c(O)c1. The van der Waals surface area contributed by atoms with E-state index in [0.29, 0.717) is 22.8 Å². The average molecular weight is 378 g/mol. The van der Waals surface area contributed by atoms with Crippen LogP contribution in [-0.2, 0) is 9.53 Å². The second-order valence-electron chi connectivity index (χ2n) is 6.18. The van der Waals surface area contributed by atoms with Crippen molar-refractivity contribution in [3.8, 4) is 11.5 Å². The smallest absolute Gasteiger partial charge is 0.338 e. The van der Waals surface area contributed by atoms with Crippen molar-refractivity contribution >= 4 is 17.6 Å². The summed E-state index contributed by atoms with van der Waals surface area (Å²) < 4.78 is 6.87.